The summed E-state index contributed by atoms with van der Waals surface area (Å²) >= 11 is 0. The first kappa shape index (κ1) is 14.3. The highest BCUT2D eigenvalue weighted by molar-refractivity contribution is 5.90. The number of β-amino-alcohol motifs (C(OH)–C–C–N with tert-alkyl or cyclic N) is 1. The van der Waals surface area contributed by atoms with Crippen molar-refractivity contribution in [2.75, 3.05) is 26.2 Å². The quantitative estimate of drug-likeness (QED) is 0.937. The number of hydrogen-bond donors (Lipinski definition) is 1. The second-order valence-electron chi connectivity index (χ2n) is 5.69. The number of fused-ring (bicyclic) bond motifs is 1. The van der Waals surface area contributed by atoms with Crippen LogP contribution in [0.5, 0.6) is 5.75 Å². The predicted molar refractivity (Wildman–Crippen MR) is 83.7 cm³/mol. The van der Waals surface area contributed by atoms with Crippen molar-refractivity contribution in [3.8, 4) is 5.75 Å². The molecule has 1 fully saturated rings. The fourth-order valence-corrected chi connectivity index (χ4v) is 3.04. The number of hydrogen-bond acceptors (Lipinski definition) is 4. The molecule has 0 amide bonds. The van der Waals surface area contributed by atoms with Crippen LogP contribution in [-0.2, 0) is 0 Å². The van der Waals surface area contributed by atoms with Crippen LogP contribution in [0.3, 0.4) is 0 Å². The van der Waals surface area contributed by atoms with Gasteiger partial charge in [-0.3, -0.25) is 4.98 Å². The highest BCUT2D eigenvalue weighted by Gasteiger charge is 2.20. The van der Waals surface area contributed by atoms with Crippen LogP contribution < -0.4 is 4.74 Å². The fourth-order valence-electron chi connectivity index (χ4n) is 3.04. The van der Waals surface area contributed by atoms with E-state index in [0.717, 1.165) is 49.2 Å². The molecule has 0 unspecified atom stereocenters. The zero-order valence-corrected chi connectivity index (χ0v) is 12.5. The summed E-state index contributed by atoms with van der Waals surface area (Å²) in [6.45, 7) is 5.08. The first-order valence-electron chi connectivity index (χ1n) is 7.61. The number of nitrogens with zero attached hydrogens (tertiary/aromatic N) is 2. The van der Waals surface area contributed by atoms with Crippen molar-refractivity contribution in [2.45, 2.75) is 25.9 Å². The van der Waals surface area contributed by atoms with Gasteiger partial charge in [0.15, 0.2) is 0 Å². The average molecular weight is 286 g/mol. The summed E-state index contributed by atoms with van der Waals surface area (Å²) in [6.07, 6.45) is 6.07. The van der Waals surface area contributed by atoms with Crippen molar-refractivity contribution in [2.24, 2.45) is 0 Å². The highest BCUT2D eigenvalue weighted by atomic mass is 16.5. The van der Waals surface area contributed by atoms with E-state index in [0.29, 0.717) is 0 Å². The van der Waals surface area contributed by atoms with Gasteiger partial charge in [-0.1, -0.05) is 12.1 Å². The third-order valence-corrected chi connectivity index (χ3v) is 4.18. The van der Waals surface area contributed by atoms with Crippen LogP contribution in [0.25, 0.3) is 10.8 Å². The number of aromatic nitrogens is 1. The molecule has 2 heterocycles. The van der Waals surface area contributed by atoms with Crippen LogP contribution >= 0.6 is 0 Å². The van der Waals surface area contributed by atoms with Crippen molar-refractivity contribution >= 4 is 10.8 Å². The number of piperidine rings is 1. The predicted octanol–water partition coefficient (Wildman–Crippen LogP) is 2.38. The molecular formula is C17H22N2O2. The summed E-state index contributed by atoms with van der Waals surface area (Å²) < 4.78 is 6.26. The second-order valence-corrected chi connectivity index (χ2v) is 5.69. The number of benzene rings is 1. The molecule has 0 bridgehead atoms. The van der Waals surface area contributed by atoms with Gasteiger partial charge in [-0.25, -0.2) is 0 Å². The van der Waals surface area contributed by atoms with Gasteiger partial charge in [0, 0.05) is 42.8 Å². The Labute approximate surface area is 125 Å². The summed E-state index contributed by atoms with van der Waals surface area (Å²) in [5, 5.41) is 11.3. The summed E-state index contributed by atoms with van der Waals surface area (Å²) in [4.78, 5) is 6.53. The molecule has 1 aliphatic rings. The molecule has 1 aromatic carbocycles. The molecule has 4 nitrogen and oxygen atoms in total. The Morgan fingerprint density at radius 2 is 2.10 bits per heavy atom. The van der Waals surface area contributed by atoms with Gasteiger partial charge in [0.1, 0.15) is 11.9 Å². The number of likely N-dealkylation sites (tertiary alicyclic amines) is 1. The Hall–Kier alpha value is -1.65. The Kier molecular flexibility index (Phi) is 4.36. The van der Waals surface area contributed by atoms with Gasteiger partial charge in [-0.05, 0) is 31.4 Å². The smallest absolute Gasteiger partial charge is 0.127 e. The summed E-state index contributed by atoms with van der Waals surface area (Å²) in [5.74, 6) is 0.966. The van der Waals surface area contributed by atoms with Crippen molar-refractivity contribution in [3.05, 3.63) is 36.2 Å². The van der Waals surface area contributed by atoms with Crippen LogP contribution in [-0.4, -0.2) is 47.3 Å². The van der Waals surface area contributed by atoms with E-state index in [9.17, 15) is 0 Å². The number of ether oxygens (including phenoxy) is 1. The van der Waals surface area contributed by atoms with E-state index < -0.39 is 0 Å². The number of aliphatic hydroxyl groups excluding tert-OH is 1. The number of rotatable bonds is 4. The standard InChI is InChI=1S/C17H22N2O2/c1-13-11-18-12-14-3-2-4-16(17(13)14)21-15-5-7-19(8-6-15)9-10-20/h2-4,11-12,15,20H,5-10H2,1H3. The molecule has 2 aromatic rings. The third kappa shape index (κ3) is 3.17. The summed E-state index contributed by atoms with van der Waals surface area (Å²) in [6, 6.07) is 6.15. The SMILES string of the molecule is Cc1cncc2cccc(OC3CCN(CCO)CC3)c12. The minimum Gasteiger partial charge on any atom is -0.490 e. The topological polar surface area (TPSA) is 45.6 Å². The van der Waals surface area contributed by atoms with Gasteiger partial charge in [0.25, 0.3) is 0 Å². The lowest BCUT2D eigenvalue weighted by molar-refractivity contribution is 0.0898. The van der Waals surface area contributed by atoms with E-state index in [2.05, 4.69) is 28.9 Å². The third-order valence-electron chi connectivity index (χ3n) is 4.18. The zero-order chi connectivity index (χ0) is 14.7. The lowest BCUT2D eigenvalue weighted by atomic mass is 10.1. The molecular weight excluding hydrogens is 264 g/mol. The molecule has 1 N–H and O–H groups in total. The molecule has 3 rings (SSSR count). The maximum atomic E-state index is 8.99. The van der Waals surface area contributed by atoms with E-state index >= 15 is 0 Å². The minimum absolute atomic E-state index is 0.237. The molecule has 1 aliphatic heterocycles. The van der Waals surface area contributed by atoms with E-state index in [1.165, 1.54) is 5.39 Å². The number of aliphatic hydroxyl groups is 1. The van der Waals surface area contributed by atoms with E-state index in [4.69, 9.17) is 9.84 Å². The molecule has 112 valence electrons. The molecule has 0 saturated carbocycles. The highest BCUT2D eigenvalue weighted by Crippen LogP contribution is 2.30. The molecule has 0 atom stereocenters. The molecule has 1 aromatic heterocycles. The zero-order valence-electron chi connectivity index (χ0n) is 12.5. The van der Waals surface area contributed by atoms with Crippen LogP contribution in [0.1, 0.15) is 18.4 Å². The minimum atomic E-state index is 0.237. The number of pyridine rings is 1. The monoisotopic (exact) mass is 286 g/mol. The van der Waals surface area contributed by atoms with Crippen LogP contribution in [0, 0.1) is 6.92 Å². The van der Waals surface area contributed by atoms with E-state index in [1.807, 2.05) is 18.5 Å². The Morgan fingerprint density at radius 3 is 2.86 bits per heavy atom. The second kappa shape index (κ2) is 6.41. The normalized spacial score (nSPS) is 17.2. The molecule has 0 radical (unpaired) electrons. The fraction of sp³-hybridized carbons (Fsp3) is 0.471. The van der Waals surface area contributed by atoms with Crippen LogP contribution in [0.15, 0.2) is 30.6 Å². The molecule has 0 aliphatic carbocycles. The van der Waals surface area contributed by atoms with Crippen molar-refractivity contribution in [1.29, 1.82) is 0 Å². The Bertz CT molecular complexity index is 602. The maximum Gasteiger partial charge on any atom is 0.127 e. The van der Waals surface area contributed by atoms with Crippen molar-refractivity contribution < 1.29 is 9.84 Å². The lowest BCUT2D eigenvalue weighted by Gasteiger charge is -2.32. The first-order chi connectivity index (χ1) is 10.3. The Balaban J connectivity index is 1.74. The van der Waals surface area contributed by atoms with Gasteiger partial charge in [-0.2, -0.15) is 0 Å². The van der Waals surface area contributed by atoms with Crippen LogP contribution in [0.4, 0.5) is 0 Å². The lowest BCUT2D eigenvalue weighted by Crippen LogP contribution is -2.39. The first-order valence-corrected chi connectivity index (χ1v) is 7.61. The molecule has 4 heteroatoms. The molecule has 0 spiro atoms. The van der Waals surface area contributed by atoms with Gasteiger partial charge >= 0.3 is 0 Å². The average Bonchev–Trinajstić information content (AvgIpc) is 2.50. The summed E-state index contributed by atoms with van der Waals surface area (Å²) in [5.41, 5.74) is 1.15. The Morgan fingerprint density at radius 1 is 1.29 bits per heavy atom. The number of aryl methyl sites for hydroxylation is 1. The van der Waals surface area contributed by atoms with Crippen LogP contribution in [0.2, 0.25) is 0 Å². The van der Waals surface area contributed by atoms with Gasteiger partial charge < -0.3 is 14.7 Å². The van der Waals surface area contributed by atoms with Crippen molar-refractivity contribution in [1.82, 2.24) is 9.88 Å². The largest absolute Gasteiger partial charge is 0.490 e. The molecule has 1 saturated heterocycles. The van der Waals surface area contributed by atoms with Gasteiger partial charge in [0.2, 0.25) is 0 Å². The molecule has 21 heavy (non-hydrogen) atoms. The maximum absolute atomic E-state index is 8.99. The summed E-state index contributed by atoms with van der Waals surface area (Å²) in [7, 11) is 0. The van der Waals surface area contributed by atoms with Gasteiger partial charge in [0.05, 0.1) is 6.61 Å². The van der Waals surface area contributed by atoms with E-state index in [1.54, 1.807) is 0 Å². The van der Waals surface area contributed by atoms with Gasteiger partial charge in [-0.15, -0.1) is 0 Å². The van der Waals surface area contributed by atoms with E-state index in [-0.39, 0.29) is 12.7 Å². The van der Waals surface area contributed by atoms with Crippen molar-refractivity contribution in [3.63, 3.8) is 0 Å².